The van der Waals surface area contributed by atoms with Crippen LogP contribution in [0.5, 0.6) is 0 Å². The highest BCUT2D eigenvalue weighted by Gasteiger charge is 2.15. The number of unbranched alkanes of at least 4 members (excludes halogenated alkanes) is 1. The Hall–Kier alpha value is -0.180. The zero-order valence-electron chi connectivity index (χ0n) is 8.05. The first-order chi connectivity index (χ1) is 5.45. The van der Waals surface area contributed by atoms with Gasteiger partial charge in [0, 0.05) is 12.2 Å². The van der Waals surface area contributed by atoms with Crippen LogP contribution in [0.1, 0.15) is 40.0 Å². The predicted octanol–water partition coefficient (Wildman–Crippen LogP) is 2.70. The van der Waals surface area contributed by atoms with Crippen molar-refractivity contribution in [1.29, 1.82) is 0 Å². The van der Waals surface area contributed by atoms with Crippen molar-refractivity contribution in [3.8, 4) is 0 Å². The highest BCUT2D eigenvalue weighted by Crippen LogP contribution is 2.09. The van der Waals surface area contributed by atoms with Crippen molar-refractivity contribution in [2.24, 2.45) is 0 Å². The van der Waals surface area contributed by atoms with Crippen LogP contribution in [-0.2, 0) is 9.53 Å². The van der Waals surface area contributed by atoms with Crippen LogP contribution in [0, 0.1) is 0 Å². The fourth-order valence-corrected chi connectivity index (χ4v) is 0.968. The van der Waals surface area contributed by atoms with Crippen LogP contribution < -0.4 is 0 Å². The summed E-state index contributed by atoms with van der Waals surface area (Å²) >= 11 is 4.76. The van der Waals surface area contributed by atoms with E-state index in [4.69, 9.17) is 17.4 Å². The van der Waals surface area contributed by atoms with Crippen molar-refractivity contribution < 1.29 is 9.53 Å². The Balaban J connectivity index is 3.47. The summed E-state index contributed by atoms with van der Waals surface area (Å²) in [5.74, 6) is 0.606. The molecule has 0 atom stereocenters. The number of carbonyl (C=O) groups excluding carboxylic acids is 1. The first-order valence-electron chi connectivity index (χ1n) is 4.25. The minimum atomic E-state index is -0.356. The molecule has 12 heavy (non-hydrogen) atoms. The first kappa shape index (κ1) is 11.8. The van der Waals surface area contributed by atoms with Crippen LogP contribution in [0.3, 0.4) is 0 Å². The smallest absolute Gasteiger partial charge is 0.306 e. The van der Waals surface area contributed by atoms with Crippen LogP contribution in [0.15, 0.2) is 0 Å². The molecule has 0 amide bonds. The van der Waals surface area contributed by atoms with Crippen molar-refractivity contribution >= 4 is 18.6 Å². The Bertz CT molecular complexity index is 138. The highest BCUT2D eigenvalue weighted by molar-refractivity contribution is 7.80. The Morgan fingerprint density at radius 1 is 1.33 bits per heavy atom. The normalized spacial score (nSPS) is 11.3. The average molecular weight is 189 g/mol. The zero-order valence-corrected chi connectivity index (χ0v) is 8.87. The minimum absolute atomic E-state index is 0.119. The number of hydrogen-bond donors (Lipinski definition) is 0. The van der Waals surface area contributed by atoms with E-state index in [-0.39, 0.29) is 11.6 Å². The van der Waals surface area contributed by atoms with Gasteiger partial charge in [-0.3, -0.25) is 4.79 Å². The van der Waals surface area contributed by atoms with Gasteiger partial charge in [0.05, 0.1) is 0 Å². The molecule has 0 spiro atoms. The molecule has 0 rings (SSSR count). The van der Waals surface area contributed by atoms with Crippen molar-refractivity contribution in [1.82, 2.24) is 0 Å². The molecule has 0 aromatic carbocycles. The standard InChI is InChI=1S/C9H17O2S/c1-9(2,3)11-8(10)6-4-5-7-12/h4-7H2,1-3H3. The second-order valence-corrected chi connectivity index (χ2v) is 4.16. The Labute approximate surface area is 80.1 Å². The average Bonchev–Trinajstić information content (AvgIpc) is 1.84. The maximum absolute atomic E-state index is 11.1. The molecule has 0 aromatic rings. The van der Waals surface area contributed by atoms with E-state index in [1.54, 1.807) is 0 Å². The molecule has 0 heterocycles. The Kier molecular flexibility index (Phi) is 5.38. The zero-order chi connectivity index (χ0) is 9.61. The van der Waals surface area contributed by atoms with E-state index in [1.807, 2.05) is 20.8 Å². The summed E-state index contributed by atoms with van der Waals surface area (Å²) in [6, 6.07) is 0. The molecule has 0 aliphatic heterocycles. The molecule has 0 fully saturated rings. The molecule has 0 N–H and O–H groups in total. The molecule has 0 aliphatic carbocycles. The maximum atomic E-state index is 11.1. The summed E-state index contributed by atoms with van der Waals surface area (Å²) in [4.78, 5) is 11.1. The van der Waals surface area contributed by atoms with Gasteiger partial charge in [-0.15, -0.1) is 0 Å². The Morgan fingerprint density at radius 2 is 1.92 bits per heavy atom. The van der Waals surface area contributed by atoms with Crippen molar-refractivity contribution in [3.63, 3.8) is 0 Å². The lowest BCUT2D eigenvalue weighted by molar-refractivity contribution is -0.154. The molecule has 1 radical (unpaired) electrons. The third kappa shape index (κ3) is 7.92. The molecule has 0 aromatic heterocycles. The van der Waals surface area contributed by atoms with E-state index in [0.717, 1.165) is 18.6 Å². The molecule has 0 saturated carbocycles. The Morgan fingerprint density at radius 3 is 2.33 bits per heavy atom. The summed E-state index contributed by atoms with van der Waals surface area (Å²) in [6.45, 7) is 5.62. The molecule has 0 saturated heterocycles. The SMILES string of the molecule is CC(C)(C)OC(=O)CCCC[S]. The lowest BCUT2D eigenvalue weighted by atomic mass is 10.2. The highest BCUT2D eigenvalue weighted by atomic mass is 32.1. The molecular formula is C9H17O2S. The maximum Gasteiger partial charge on any atom is 0.306 e. The van der Waals surface area contributed by atoms with E-state index in [1.165, 1.54) is 0 Å². The molecule has 0 unspecified atom stereocenters. The van der Waals surface area contributed by atoms with Crippen molar-refractivity contribution in [3.05, 3.63) is 0 Å². The number of esters is 1. The number of hydrogen-bond acceptors (Lipinski definition) is 2. The lowest BCUT2D eigenvalue weighted by Gasteiger charge is -2.19. The van der Waals surface area contributed by atoms with Crippen LogP contribution >= 0.6 is 12.6 Å². The fraction of sp³-hybridized carbons (Fsp3) is 0.889. The summed E-state index contributed by atoms with van der Waals surface area (Å²) in [5.41, 5.74) is -0.356. The van der Waals surface area contributed by atoms with Crippen molar-refractivity contribution in [2.75, 3.05) is 5.75 Å². The van der Waals surface area contributed by atoms with Gasteiger partial charge in [-0.25, -0.2) is 0 Å². The molecule has 3 heteroatoms. The summed E-state index contributed by atoms with van der Waals surface area (Å²) in [6.07, 6.45) is 2.26. The van der Waals surface area contributed by atoms with Gasteiger partial charge in [-0.1, -0.05) is 12.6 Å². The fourth-order valence-electron chi connectivity index (χ4n) is 0.764. The van der Waals surface area contributed by atoms with Gasteiger partial charge in [-0.05, 0) is 33.6 Å². The molecule has 0 bridgehead atoms. The van der Waals surface area contributed by atoms with E-state index in [0.29, 0.717) is 6.42 Å². The van der Waals surface area contributed by atoms with Crippen LogP contribution in [-0.4, -0.2) is 17.3 Å². The van der Waals surface area contributed by atoms with Gasteiger partial charge in [0.1, 0.15) is 5.60 Å². The van der Waals surface area contributed by atoms with Crippen molar-refractivity contribution in [2.45, 2.75) is 45.6 Å². The van der Waals surface area contributed by atoms with Crippen LogP contribution in [0.4, 0.5) is 0 Å². The summed E-state index contributed by atoms with van der Waals surface area (Å²) < 4.78 is 5.11. The topological polar surface area (TPSA) is 26.3 Å². The summed E-state index contributed by atoms with van der Waals surface area (Å²) in [5, 5.41) is 0. The van der Waals surface area contributed by atoms with E-state index >= 15 is 0 Å². The van der Waals surface area contributed by atoms with Gasteiger partial charge < -0.3 is 4.74 Å². The van der Waals surface area contributed by atoms with E-state index in [2.05, 4.69) is 0 Å². The van der Waals surface area contributed by atoms with E-state index < -0.39 is 0 Å². The quantitative estimate of drug-likeness (QED) is 0.502. The number of ether oxygens (including phenoxy) is 1. The van der Waals surface area contributed by atoms with Gasteiger partial charge in [0.15, 0.2) is 0 Å². The van der Waals surface area contributed by atoms with Gasteiger partial charge >= 0.3 is 5.97 Å². The number of rotatable bonds is 4. The number of carbonyl (C=O) groups is 1. The molecule has 2 nitrogen and oxygen atoms in total. The second kappa shape index (κ2) is 5.46. The van der Waals surface area contributed by atoms with Gasteiger partial charge in [0.2, 0.25) is 0 Å². The van der Waals surface area contributed by atoms with Crippen LogP contribution in [0.2, 0.25) is 0 Å². The minimum Gasteiger partial charge on any atom is -0.460 e. The first-order valence-corrected chi connectivity index (χ1v) is 4.83. The lowest BCUT2D eigenvalue weighted by Crippen LogP contribution is -2.23. The van der Waals surface area contributed by atoms with Gasteiger partial charge in [0.25, 0.3) is 0 Å². The second-order valence-electron chi connectivity index (χ2n) is 3.75. The molecular weight excluding hydrogens is 172 g/mol. The van der Waals surface area contributed by atoms with Gasteiger partial charge in [-0.2, -0.15) is 0 Å². The summed E-state index contributed by atoms with van der Waals surface area (Å²) in [7, 11) is 0. The monoisotopic (exact) mass is 189 g/mol. The molecule has 0 aliphatic rings. The predicted molar refractivity (Wildman–Crippen MR) is 52.2 cm³/mol. The molecule has 71 valence electrons. The largest absolute Gasteiger partial charge is 0.460 e. The third-order valence-electron chi connectivity index (χ3n) is 1.20. The third-order valence-corrected chi connectivity index (χ3v) is 1.48. The van der Waals surface area contributed by atoms with Crippen LogP contribution in [0.25, 0.3) is 0 Å². The van der Waals surface area contributed by atoms with E-state index in [9.17, 15) is 4.79 Å².